The highest BCUT2D eigenvalue weighted by Crippen LogP contribution is 2.32. The van der Waals surface area contributed by atoms with Crippen LogP contribution >= 0.6 is 0 Å². The van der Waals surface area contributed by atoms with Crippen LogP contribution in [0.15, 0.2) is 18.2 Å². The molecule has 1 atom stereocenters. The lowest BCUT2D eigenvalue weighted by atomic mass is 10.1. The lowest BCUT2D eigenvalue weighted by Crippen LogP contribution is -1.93. The van der Waals surface area contributed by atoms with Crippen LogP contribution in [0.1, 0.15) is 28.9 Å². The first-order valence-electron chi connectivity index (χ1n) is 4.11. The van der Waals surface area contributed by atoms with Gasteiger partial charge in [0.2, 0.25) is 0 Å². The molecule has 0 fully saturated rings. The fourth-order valence-corrected chi connectivity index (χ4v) is 1.48. The summed E-state index contributed by atoms with van der Waals surface area (Å²) < 4.78 is 10.1. The second-order valence-electron chi connectivity index (χ2n) is 3.00. The number of benzene rings is 1. The van der Waals surface area contributed by atoms with Gasteiger partial charge in [-0.3, -0.25) is 0 Å². The molecule has 0 amide bonds. The summed E-state index contributed by atoms with van der Waals surface area (Å²) in [5, 5.41) is 0. The molecule has 2 rings (SSSR count). The highest BCUT2D eigenvalue weighted by Gasteiger charge is 2.27. The van der Waals surface area contributed by atoms with Gasteiger partial charge >= 0.3 is 5.97 Å². The van der Waals surface area contributed by atoms with Crippen molar-refractivity contribution >= 4 is 5.97 Å². The summed E-state index contributed by atoms with van der Waals surface area (Å²) in [5.74, 6) is 0.508. The largest absolute Gasteiger partial charge is 0.497 e. The maximum absolute atomic E-state index is 11.2. The second-order valence-corrected chi connectivity index (χ2v) is 3.00. The molecule has 3 heteroatoms. The van der Waals surface area contributed by atoms with Crippen molar-refractivity contribution in [2.24, 2.45) is 0 Å². The number of hydrogen-bond acceptors (Lipinski definition) is 3. The van der Waals surface area contributed by atoms with Crippen LogP contribution in [-0.2, 0) is 4.74 Å². The third-order valence-electron chi connectivity index (χ3n) is 2.20. The normalized spacial score (nSPS) is 19.5. The van der Waals surface area contributed by atoms with Crippen molar-refractivity contribution in [1.82, 2.24) is 0 Å². The monoisotopic (exact) mass is 178 g/mol. The minimum atomic E-state index is -0.245. The third kappa shape index (κ3) is 1.16. The highest BCUT2D eigenvalue weighted by molar-refractivity contribution is 5.94. The van der Waals surface area contributed by atoms with E-state index in [4.69, 9.17) is 9.47 Å². The zero-order valence-electron chi connectivity index (χ0n) is 7.53. The Hall–Kier alpha value is -1.51. The Bertz CT molecular complexity index is 357. The van der Waals surface area contributed by atoms with Gasteiger partial charge in [0.05, 0.1) is 12.7 Å². The molecule has 0 saturated heterocycles. The van der Waals surface area contributed by atoms with Crippen LogP contribution in [-0.4, -0.2) is 13.1 Å². The van der Waals surface area contributed by atoms with E-state index in [0.717, 1.165) is 11.3 Å². The number of carbonyl (C=O) groups is 1. The Balaban J connectivity index is 2.52. The van der Waals surface area contributed by atoms with Gasteiger partial charge in [-0.05, 0) is 25.1 Å². The van der Waals surface area contributed by atoms with E-state index in [1.807, 2.05) is 13.0 Å². The van der Waals surface area contributed by atoms with Crippen molar-refractivity contribution in [2.75, 3.05) is 7.11 Å². The molecule has 0 aliphatic carbocycles. The highest BCUT2D eigenvalue weighted by atomic mass is 16.5. The van der Waals surface area contributed by atoms with Crippen LogP contribution in [0.5, 0.6) is 5.75 Å². The van der Waals surface area contributed by atoms with Gasteiger partial charge in [-0.1, -0.05) is 0 Å². The Labute approximate surface area is 76.3 Å². The Morgan fingerprint density at radius 3 is 2.92 bits per heavy atom. The van der Waals surface area contributed by atoms with Crippen molar-refractivity contribution in [2.45, 2.75) is 13.0 Å². The molecule has 1 aromatic rings. The van der Waals surface area contributed by atoms with Gasteiger partial charge in [0.25, 0.3) is 0 Å². The van der Waals surface area contributed by atoms with Crippen LogP contribution in [0.3, 0.4) is 0 Å². The predicted molar refractivity (Wildman–Crippen MR) is 46.8 cm³/mol. The zero-order chi connectivity index (χ0) is 9.42. The van der Waals surface area contributed by atoms with Crippen molar-refractivity contribution < 1.29 is 14.3 Å². The van der Waals surface area contributed by atoms with Crippen LogP contribution in [0.2, 0.25) is 0 Å². The maximum atomic E-state index is 11.2. The number of fused-ring (bicyclic) bond motifs is 1. The lowest BCUT2D eigenvalue weighted by Gasteiger charge is -2.03. The molecule has 0 N–H and O–H groups in total. The minimum absolute atomic E-state index is 0.155. The van der Waals surface area contributed by atoms with E-state index in [2.05, 4.69) is 0 Å². The van der Waals surface area contributed by atoms with Crippen molar-refractivity contribution in [1.29, 1.82) is 0 Å². The average Bonchev–Trinajstić information content (AvgIpc) is 2.42. The third-order valence-corrected chi connectivity index (χ3v) is 2.20. The quantitative estimate of drug-likeness (QED) is 0.616. The van der Waals surface area contributed by atoms with Crippen molar-refractivity contribution in [3.63, 3.8) is 0 Å². The van der Waals surface area contributed by atoms with Crippen LogP contribution in [0, 0.1) is 0 Å². The summed E-state index contributed by atoms with van der Waals surface area (Å²) in [4.78, 5) is 11.2. The molecule has 1 heterocycles. The summed E-state index contributed by atoms with van der Waals surface area (Å²) in [6.07, 6.45) is -0.155. The summed E-state index contributed by atoms with van der Waals surface area (Å²) >= 11 is 0. The van der Waals surface area contributed by atoms with Crippen LogP contribution < -0.4 is 4.74 Å². The van der Waals surface area contributed by atoms with Gasteiger partial charge in [0, 0.05) is 5.56 Å². The summed E-state index contributed by atoms with van der Waals surface area (Å²) in [6, 6.07) is 5.34. The molecule has 68 valence electrons. The van der Waals surface area contributed by atoms with E-state index in [1.165, 1.54) is 0 Å². The van der Waals surface area contributed by atoms with Crippen LogP contribution in [0.25, 0.3) is 0 Å². The average molecular weight is 178 g/mol. The maximum Gasteiger partial charge on any atom is 0.339 e. The number of cyclic esters (lactones) is 1. The fraction of sp³-hybridized carbons (Fsp3) is 0.300. The van der Waals surface area contributed by atoms with E-state index in [9.17, 15) is 4.79 Å². The number of methoxy groups -OCH3 is 1. The molecule has 3 nitrogen and oxygen atoms in total. The van der Waals surface area contributed by atoms with Gasteiger partial charge in [0.1, 0.15) is 11.9 Å². The minimum Gasteiger partial charge on any atom is -0.497 e. The fourth-order valence-electron chi connectivity index (χ4n) is 1.48. The molecular weight excluding hydrogens is 168 g/mol. The first kappa shape index (κ1) is 8.10. The molecule has 13 heavy (non-hydrogen) atoms. The molecule has 1 aromatic carbocycles. The van der Waals surface area contributed by atoms with Gasteiger partial charge in [-0.15, -0.1) is 0 Å². The molecule has 0 radical (unpaired) electrons. The number of ether oxygens (including phenoxy) is 2. The number of carbonyl (C=O) groups excluding carboxylic acids is 1. The smallest absolute Gasteiger partial charge is 0.339 e. The lowest BCUT2D eigenvalue weighted by molar-refractivity contribution is 0.0421. The van der Waals surface area contributed by atoms with Crippen molar-refractivity contribution in [3.8, 4) is 5.75 Å². The van der Waals surface area contributed by atoms with E-state index in [0.29, 0.717) is 5.56 Å². The van der Waals surface area contributed by atoms with Crippen LogP contribution in [0.4, 0.5) is 0 Å². The van der Waals surface area contributed by atoms with Gasteiger partial charge in [-0.25, -0.2) is 4.79 Å². The second kappa shape index (κ2) is 2.76. The molecule has 1 aliphatic rings. The Morgan fingerprint density at radius 1 is 1.46 bits per heavy atom. The first-order valence-corrected chi connectivity index (χ1v) is 4.11. The Morgan fingerprint density at radius 2 is 2.23 bits per heavy atom. The van der Waals surface area contributed by atoms with E-state index < -0.39 is 0 Å². The SMILES string of the molecule is COc1ccc2c(c1)[C@H](C)OC2=O. The van der Waals surface area contributed by atoms with Gasteiger partial charge < -0.3 is 9.47 Å². The van der Waals surface area contributed by atoms with Gasteiger partial charge in [-0.2, -0.15) is 0 Å². The molecule has 0 aromatic heterocycles. The van der Waals surface area contributed by atoms with E-state index in [1.54, 1.807) is 19.2 Å². The molecule has 1 aliphatic heterocycles. The Kier molecular flexibility index (Phi) is 1.72. The van der Waals surface area contributed by atoms with Gasteiger partial charge in [0.15, 0.2) is 0 Å². The topological polar surface area (TPSA) is 35.5 Å². The molecule has 0 bridgehead atoms. The number of rotatable bonds is 1. The summed E-state index contributed by atoms with van der Waals surface area (Å²) in [6.45, 7) is 1.85. The van der Waals surface area contributed by atoms with Crippen molar-refractivity contribution in [3.05, 3.63) is 29.3 Å². The number of esters is 1. The molecular formula is C10H10O3. The summed E-state index contributed by atoms with van der Waals surface area (Å²) in [5.41, 5.74) is 1.55. The van der Waals surface area contributed by atoms with E-state index >= 15 is 0 Å². The molecule has 0 unspecified atom stereocenters. The first-order chi connectivity index (χ1) is 6.22. The predicted octanol–water partition coefficient (Wildman–Crippen LogP) is 1.93. The van der Waals surface area contributed by atoms with E-state index in [-0.39, 0.29) is 12.1 Å². The summed E-state index contributed by atoms with van der Waals surface area (Å²) in [7, 11) is 1.60. The standard InChI is InChI=1S/C10H10O3/c1-6-9-5-7(12-2)3-4-8(9)10(11)13-6/h3-6H,1-2H3/t6-/m0/s1. The zero-order valence-corrected chi connectivity index (χ0v) is 7.53. The number of hydrogen-bond donors (Lipinski definition) is 0. The molecule has 0 spiro atoms. The molecule has 0 saturated carbocycles.